The highest BCUT2D eigenvalue weighted by molar-refractivity contribution is 9.10. The summed E-state index contributed by atoms with van der Waals surface area (Å²) in [6.07, 6.45) is 0.764. The summed E-state index contributed by atoms with van der Waals surface area (Å²) < 4.78 is 13.9. The van der Waals surface area contributed by atoms with Crippen LogP contribution in [0.1, 0.15) is 17.9 Å². The minimum absolute atomic E-state index is 0.0756. The SMILES string of the molecule is Oc1cc(Br)c(F)c(C2CCNC2)c1O. The Kier molecular flexibility index (Phi) is 2.84. The number of rotatable bonds is 1. The molecule has 0 amide bonds. The zero-order valence-corrected chi connectivity index (χ0v) is 9.51. The maximum atomic E-state index is 13.7. The van der Waals surface area contributed by atoms with Gasteiger partial charge in [-0.15, -0.1) is 0 Å². The van der Waals surface area contributed by atoms with E-state index in [1.807, 2.05) is 0 Å². The molecule has 3 nitrogen and oxygen atoms in total. The molecule has 15 heavy (non-hydrogen) atoms. The third-order valence-corrected chi connectivity index (χ3v) is 3.25. The number of halogens is 2. The molecule has 3 N–H and O–H groups in total. The highest BCUT2D eigenvalue weighted by Gasteiger charge is 2.26. The summed E-state index contributed by atoms with van der Waals surface area (Å²) >= 11 is 3.01. The molecule has 1 unspecified atom stereocenters. The molecule has 1 aromatic rings. The van der Waals surface area contributed by atoms with E-state index >= 15 is 0 Å². The maximum Gasteiger partial charge on any atom is 0.164 e. The topological polar surface area (TPSA) is 52.5 Å². The van der Waals surface area contributed by atoms with Crippen molar-refractivity contribution in [3.63, 3.8) is 0 Å². The Morgan fingerprint density at radius 3 is 2.80 bits per heavy atom. The average molecular weight is 276 g/mol. The molecule has 1 aliphatic heterocycles. The van der Waals surface area contributed by atoms with Gasteiger partial charge in [0.1, 0.15) is 5.82 Å². The van der Waals surface area contributed by atoms with Gasteiger partial charge in [-0.1, -0.05) is 0 Å². The molecular weight excluding hydrogens is 265 g/mol. The molecule has 5 heteroatoms. The standard InChI is InChI=1S/C10H11BrFNO2/c11-6-3-7(14)10(15)8(9(6)12)5-1-2-13-4-5/h3,5,13-15H,1-2,4H2. The van der Waals surface area contributed by atoms with Crippen LogP contribution < -0.4 is 5.32 Å². The van der Waals surface area contributed by atoms with Crippen molar-refractivity contribution in [1.82, 2.24) is 5.32 Å². The second-order valence-electron chi connectivity index (χ2n) is 3.64. The molecule has 1 saturated heterocycles. The molecule has 0 radical (unpaired) electrons. The van der Waals surface area contributed by atoms with E-state index < -0.39 is 5.82 Å². The Hall–Kier alpha value is -0.810. The van der Waals surface area contributed by atoms with Crippen molar-refractivity contribution in [3.8, 4) is 11.5 Å². The summed E-state index contributed by atoms with van der Waals surface area (Å²) in [5.74, 6) is -1.19. The van der Waals surface area contributed by atoms with Gasteiger partial charge in [-0.3, -0.25) is 0 Å². The van der Waals surface area contributed by atoms with Crippen molar-refractivity contribution in [2.45, 2.75) is 12.3 Å². The quantitative estimate of drug-likeness (QED) is 0.688. The van der Waals surface area contributed by atoms with Crippen LogP contribution >= 0.6 is 15.9 Å². The van der Waals surface area contributed by atoms with Gasteiger partial charge < -0.3 is 15.5 Å². The first-order chi connectivity index (χ1) is 7.11. The molecule has 0 saturated carbocycles. The van der Waals surface area contributed by atoms with Gasteiger partial charge in [0.15, 0.2) is 11.5 Å². The summed E-state index contributed by atoms with van der Waals surface area (Å²) in [5.41, 5.74) is 0.201. The van der Waals surface area contributed by atoms with Crippen molar-refractivity contribution in [2.24, 2.45) is 0 Å². The normalized spacial score (nSPS) is 20.8. The highest BCUT2D eigenvalue weighted by Crippen LogP contribution is 2.41. The van der Waals surface area contributed by atoms with Crippen molar-refractivity contribution in [1.29, 1.82) is 0 Å². The lowest BCUT2D eigenvalue weighted by atomic mass is 9.96. The van der Waals surface area contributed by atoms with Crippen LogP contribution in [0.4, 0.5) is 4.39 Å². The van der Waals surface area contributed by atoms with Crippen molar-refractivity contribution in [3.05, 3.63) is 21.9 Å². The fourth-order valence-corrected chi connectivity index (χ4v) is 2.33. The van der Waals surface area contributed by atoms with E-state index in [1.165, 1.54) is 0 Å². The molecule has 1 aliphatic rings. The van der Waals surface area contributed by atoms with Gasteiger partial charge in [0.05, 0.1) is 4.47 Å². The number of phenols is 2. The van der Waals surface area contributed by atoms with Crippen LogP contribution in [0.3, 0.4) is 0 Å². The van der Waals surface area contributed by atoms with Crippen LogP contribution in [0.2, 0.25) is 0 Å². The minimum atomic E-state index is -0.487. The predicted octanol–water partition coefficient (Wildman–Crippen LogP) is 2.08. The molecule has 1 heterocycles. The third-order valence-electron chi connectivity index (χ3n) is 2.68. The van der Waals surface area contributed by atoms with Gasteiger partial charge >= 0.3 is 0 Å². The second-order valence-corrected chi connectivity index (χ2v) is 4.50. The Labute approximate surface area is 95.1 Å². The van der Waals surface area contributed by atoms with Crippen LogP contribution in [0.25, 0.3) is 0 Å². The van der Waals surface area contributed by atoms with Gasteiger partial charge in [-0.05, 0) is 28.9 Å². The predicted molar refractivity (Wildman–Crippen MR) is 57.7 cm³/mol. The Bertz CT molecular complexity index is 365. The largest absolute Gasteiger partial charge is 0.504 e. The summed E-state index contributed by atoms with van der Waals surface area (Å²) in [7, 11) is 0. The first-order valence-corrected chi connectivity index (χ1v) is 5.51. The van der Waals surface area contributed by atoms with Crippen LogP contribution in [0, 0.1) is 5.82 Å². The smallest absolute Gasteiger partial charge is 0.164 e. The van der Waals surface area contributed by atoms with E-state index in [-0.39, 0.29) is 27.5 Å². The molecule has 0 bridgehead atoms. The Morgan fingerprint density at radius 1 is 1.47 bits per heavy atom. The fraction of sp³-hybridized carbons (Fsp3) is 0.400. The van der Waals surface area contributed by atoms with E-state index in [0.717, 1.165) is 19.0 Å². The van der Waals surface area contributed by atoms with Crippen LogP contribution in [-0.2, 0) is 0 Å². The zero-order valence-electron chi connectivity index (χ0n) is 7.93. The number of aromatic hydroxyl groups is 2. The summed E-state index contributed by atoms with van der Waals surface area (Å²) in [6, 6.07) is 1.16. The van der Waals surface area contributed by atoms with E-state index in [0.29, 0.717) is 6.54 Å². The lowest BCUT2D eigenvalue weighted by molar-refractivity contribution is 0.389. The third kappa shape index (κ3) is 1.81. The first-order valence-electron chi connectivity index (χ1n) is 4.71. The Balaban J connectivity index is 2.52. The fourth-order valence-electron chi connectivity index (χ4n) is 1.90. The molecule has 0 aromatic heterocycles. The Morgan fingerprint density at radius 2 is 2.20 bits per heavy atom. The van der Waals surface area contributed by atoms with E-state index in [4.69, 9.17) is 0 Å². The minimum Gasteiger partial charge on any atom is -0.504 e. The van der Waals surface area contributed by atoms with E-state index in [2.05, 4.69) is 21.2 Å². The van der Waals surface area contributed by atoms with Crippen molar-refractivity contribution in [2.75, 3.05) is 13.1 Å². The highest BCUT2D eigenvalue weighted by atomic mass is 79.9. The number of hydrogen-bond donors (Lipinski definition) is 3. The molecule has 82 valence electrons. The summed E-state index contributed by atoms with van der Waals surface area (Å²) in [4.78, 5) is 0. The summed E-state index contributed by atoms with van der Waals surface area (Å²) in [5, 5.41) is 22.1. The van der Waals surface area contributed by atoms with Gasteiger partial charge in [0.25, 0.3) is 0 Å². The molecule has 0 spiro atoms. The van der Waals surface area contributed by atoms with E-state index in [9.17, 15) is 14.6 Å². The number of hydrogen-bond acceptors (Lipinski definition) is 3. The van der Waals surface area contributed by atoms with Crippen LogP contribution in [0.5, 0.6) is 11.5 Å². The summed E-state index contributed by atoms with van der Waals surface area (Å²) in [6.45, 7) is 1.43. The van der Waals surface area contributed by atoms with Gasteiger partial charge in [0.2, 0.25) is 0 Å². The van der Waals surface area contributed by atoms with Gasteiger partial charge in [-0.25, -0.2) is 4.39 Å². The van der Waals surface area contributed by atoms with Crippen LogP contribution in [0.15, 0.2) is 10.5 Å². The van der Waals surface area contributed by atoms with Crippen molar-refractivity contribution >= 4 is 15.9 Å². The number of phenolic OH excluding ortho intramolecular Hbond substituents is 2. The second kappa shape index (κ2) is 3.98. The molecule has 2 rings (SSSR count). The maximum absolute atomic E-state index is 13.7. The zero-order chi connectivity index (χ0) is 11.0. The lowest BCUT2D eigenvalue weighted by Gasteiger charge is -2.14. The van der Waals surface area contributed by atoms with Crippen molar-refractivity contribution < 1.29 is 14.6 Å². The van der Waals surface area contributed by atoms with Gasteiger partial charge in [-0.2, -0.15) is 0 Å². The molecule has 1 aromatic carbocycles. The monoisotopic (exact) mass is 275 g/mol. The number of benzene rings is 1. The van der Waals surface area contributed by atoms with E-state index in [1.54, 1.807) is 0 Å². The number of nitrogens with one attached hydrogen (secondary N) is 1. The molecule has 1 fully saturated rings. The molecular formula is C10H11BrFNO2. The average Bonchev–Trinajstić information content (AvgIpc) is 2.69. The van der Waals surface area contributed by atoms with Gasteiger partial charge in [0, 0.05) is 24.1 Å². The molecule has 1 atom stereocenters. The lowest BCUT2D eigenvalue weighted by Crippen LogP contribution is -2.09. The van der Waals surface area contributed by atoms with Crippen LogP contribution in [-0.4, -0.2) is 23.3 Å². The molecule has 0 aliphatic carbocycles. The first kappa shape index (κ1) is 10.7.